The summed E-state index contributed by atoms with van der Waals surface area (Å²) in [6.45, 7) is 2.18. The fourth-order valence-electron chi connectivity index (χ4n) is 3.25. The lowest BCUT2D eigenvalue weighted by Crippen LogP contribution is -2.44. The molecule has 0 bridgehead atoms. The van der Waals surface area contributed by atoms with Gasteiger partial charge in [0.05, 0.1) is 12.2 Å². The van der Waals surface area contributed by atoms with Crippen molar-refractivity contribution < 1.29 is 14.3 Å². The minimum Gasteiger partial charge on any atom is -0.479 e. The summed E-state index contributed by atoms with van der Waals surface area (Å²) in [5.74, 6) is 0.183. The van der Waals surface area contributed by atoms with Gasteiger partial charge in [0.15, 0.2) is 6.10 Å². The lowest BCUT2D eigenvalue weighted by atomic mass is 10.1. The first-order valence-electron chi connectivity index (χ1n) is 9.24. The minimum absolute atomic E-state index is 0.0999. The Kier molecular flexibility index (Phi) is 5.23. The fourth-order valence-corrected chi connectivity index (χ4v) is 3.44. The van der Waals surface area contributed by atoms with Crippen LogP contribution in [-0.2, 0) is 11.3 Å². The van der Waals surface area contributed by atoms with Gasteiger partial charge in [0.25, 0.3) is 11.8 Å². The number of ether oxygens (including phenoxy) is 1. The number of carbonyl (C=O) groups excluding carboxylic acids is 2. The van der Waals surface area contributed by atoms with Crippen molar-refractivity contribution in [2.75, 3.05) is 10.2 Å². The largest absolute Gasteiger partial charge is 0.479 e. The van der Waals surface area contributed by atoms with E-state index in [1.54, 1.807) is 54.3 Å². The molecule has 0 spiro atoms. The lowest BCUT2D eigenvalue weighted by molar-refractivity contribution is -0.125. The Labute approximate surface area is 173 Å². The molecule has 5 nitrogen and oxygen atoms in total. The molecule has 0 aromatic heterocycles. The van der Waals surface area contributed by atoms with E-state index in [9.17, 15) is 9.59 Å². The smallest absolute Gasteiger partial charge is 0.268 e. The molecule has 0 aliphatic carbocycles. The highest BCUT2D eigenvalue weighted by Crippen LogP contribution is 2.37. The van der Waals surface area contributed by atoms with Crippen LogP contribution in [0.5, 0.6) is 5.75 Å². The number of benzene rings is 3. The van der Waals surface area contributed by atoms with E-state index in [1.165, 1.54) is 0 Å². The zero-order chi connectivity index (χ0) is 20.4. The van der Waals surface area contributed by atoms with Crippen LogP contribution in [0.25, 0.3) is 0 Å². The highest BCUT2D eigenvalue weighted by atomic mass is 35.5. The molecule has 3 aromatic rings. The lowest BCUT2D eigenvalue weighted by Gasteiger charge is -2.33. The fraction of sp³-hybridized carbons (Fsp3) is 0.130. The summed E-state index contributed by atoms with van der Waals surface area (Å²) in [4.78, 5) is 26.9. The first-order valence-corrected chi connectivity index (χ1v) is 9.62. The molecule has 4 rings (SSSR count). The molecule has 2 amide bonds. The minimum atomic E-state index is -0.606. The molecule has 0 fully saturated rings. The molecule has 1 aliphatic rings. The van der Waals surface area contributed by atoms with E-state index in [0.29, 0.717) is 34.3 Å². The van der Waals surface area contributed by atoms with Crippen molar-refractivity contribution in [1.82, 2.24) is 0 Å². The number of rotatable bonds is 4. The van der Waals surface area contributed by atoms with Gasteiger partial charge in [-0.2, -0.15) is 0 Å². The van der Waals surface area contributed by atoms with E-state index in [2.05, 4.69) is 5.32 Å². The molecule has 1 atom stereocenters. The summed E-state index contributed by atoms with van der Waals surface area (Å²) in [5.41, 5.74) is 2.75. The summed E-state index contributed by atoms with van der Waals surface area (Å²) >= 11 is 5.96. The van der Waals surface area contributed by atoms with Crippen molar-refractivity contribution in [1.29, 1.82) is 0 Å². The van der Waals surface area contributed by atoms with E-state index in [1.807, 2.05) is 30.3 Å². The number of nitrogens with one attached hydrogen (secondary N) is 1. The second kappa shape index (κ2) is 7.97. The number of fused-ring (bicyclic) bond motifs is 1. The Morgan fingerprint density at radius 3 is 2.62 bits per heavy atom. The third-order valence-electron chi connectivity index (χ3n) is 4.70. The Bertz CT molecular complexity index is 1070. The van der Waals surface area contributed by atoms with Crippen LogP contribution < -0.4 is 15.0 Å². The van der Waals surface area contributed by atoms with Crippen LogP contribution in [0.4, 0.5) is 11.4 Å². The Balaban J connectivity index is 1.59. The van der Waals surface area contributed by atoms with Crippen LogP contribution in [-0.4, -0.2) is 17.9 Å². The summed E-state index contributed by atoms with van der Waals surface area (Å²) < 4.78 is 5.80. The number of amides is 2. The molecule has 1 N–H and O–H groups in total. The summed E-state index contributed by atoms with van der Waals surface area (Å²) in [6.07, 6.45) is -0.606. The normalized spacial score (nSPS) is 15.4. The molecule has 1 aliphatic heterocycles. The van der Waals surface area contributed by atoms with Crippen LogP contribution >= 0.6 is 11.6 Å². The number of halogens is 1. The average molecular weight is 407 g/mol. The Morgan fingerprint density at radius 2 is 1.86 bits per heavy atom. The topological polar surface area (TPSA) is 58.6 Å². The molecule has 0 saturated heterocycles. The van der Waals surface area contributed by atoms with Crippen LogP contribution in [0.1, 0.15) is 22.8 Å². The number of anilines is 2. The standard InChI is InChI=1S/C23H19ClN2O3/c1-15-23(28)26(14-16-6-3-2-4-7-16)20-11-10-19(13-21(20)29-15)25-22(27)17-8-5-9-18(24)12-17/h2-13,15H,14H2,1H3,(H,25,27). The predicted octanol–water partition coefficient (Wildman–Crippen LogP) is 4.91. The average Bonchev–Trinajstić information content (AvgIpc) is 2.72. The van der Waals surface area contributed by atoms with Crippen molar-refractivity contribution in [3.05, 3.63) is 88.9 Å². The summed E-state index contributed by atoms with van der Waals surface area (Å²) in [6, 6.07) is 21.8. The van der Waals surface area contributed by atoms with Crippen LogP contribution in [0.3, 0.4) is 0 Å². The van der Waals surface area contributed by atoms with Crippen molar-refractivity contribution in [2.45, 2.75) is 19.6 Å². The van der Waals surface area contributed by atoms with Gasteiger partial charge in [-0.1, -0.05) is 48.0 Å². The van der Waals surface area contributed by atoms with Gasteiger partial charge in [-0.15, -0.1) is 0 Å². The first-order chi connectivity index (χ1) is 14.0. The van der Waals surface area contributed by atoms with Gasteiger partial charge in [-0.05, 0) is 42.8 Å². The Hall–Kier alpha value is -3.31. The third-order valence-corrected chi connectivity index (χ3v) is 4.93. The number of nitrogens with zero attached hydrogens (tertiary/aromatic N) is 1. The van der Waals surface area contributed by atoms with Gasteiger partial charge in [0, 0.05) is 22.3 Å². The van der Waals surface area contributed by atoms with E-state index >= 15 is 0 Å². The maximum atomic E-state index is 12.7. The van der Waals surface area contributed by atoms with Gasteiger partial charge in [-0.25, -0.2) is 0 Å². The summed E-state index contributed by atoms with van der Waals surface area (Å²) in [5, 5.41) is 3.34. The number of carbonyl (C=O) groups is 2. The van der Waals surface area contributed by atoms with Gasteiger partial charge in [-0.3, -0.25) is 9.59 Å². The molecule has 29 heavy (non-hydrogen) atoms. The second-order valence-electron chi connectivity index (χ2n) is 6.82. The molecule has 3 aromatic carbocycles. The molecule has 6 heteroatoms. The maximum absolute atomic E-state index is 12.7. The quantitative estimate of drug-likeness (QED) is 0.670. The van der Waals surface area contributed by atoms with Gasteiger partial charge < -0.3 is 15.0 Å². The van der Waals surface area contributed by atoms with Crippen molar-refractivity contribution >= 4 is 34.8 Å². The first kappa shape index (κ1) is 19.0. The van der Waals surface area contributed by atoms with Crippen molar-refractivity contribution in [2.24, 2.45) is 0 Å². The number of hydrogen-bond donors (Lipinski definition) is 1. The van der Waals surface area contributed by atoms with E-state index in [0.717, 1.165) is 5.56 Å². The van der Waals surface area contributed by atoms with Crippen LogP contribution in [0, 0.1) is 0 Å². The molecule has 0 radical (unpaired) electrons. The zero-order valence-electron chi connectivity index (χ0n) is 15.8. The highest BCUT2D eigenvalue weighted by molar-refractivity contribution is 6.31. The molecular weight excluding hydrogens is 388 g/mol. The Morgan fingerprint density at radius 1 is 1.07 bits per heavy atom. The molecule has 1 unspecified atom stereocenters. The predicted molar refractivity (Wildman–Crippen MR) is 114 cm³/mol. The van der Waals surface area contributed by atoms with Gasteiger partial charge in [0.1, 0.15) is 5.75 Å². The zero-order valence-corrected chi connectivity index (χ0v) is 16.5. The second-order valence-corrected chi connectivity index (χ2v) is 7.25. The van der Waals surface area contributed by atoms with Crippen LogP contribution in [0.2, 0.25) is 5.02 Å². The third kappa shape index (κ3) is 4.10. The monoisotopic (exact) mass is 406 g/mol. The molecule has 146 valence electrons. The molecule has 1 heterocycles. The maximum Gasteiger partial charge on any atom is 0.268 e. The number of hydrogen-bond acceptors (Lipinski definition) is 3. The van der Waals surface area contributed by atoms with Gasteiger partial charge in [0.2, 0.25) is 0 Å². The van der Waals surface area contributed by atoms with E-state index in [4.69, 9.17) is 16.3 Å². The van der Waals surface area contributed by atoms with Gasteiger partial charge >= 0.3 is 0 Å². The van der Waals surface area contributed by atoms with Crippen molar-refractivity contribution in [3.8, 4) is 5.75 Å². The molecule has 0 saturated carbocycles. The highest BCUT2D eigenvalue weighted by Gasteiger charge is 2.31. The van der Waals surface area contributed by atoms with E-state index < -0.39 is 6.10 Å². The summed E-state index contributed by atoms with van der Waals surface area (Å²) in [7, 11) is 0. The van der Waals surface area contributed by atoms with E-state index in [-0.39, 0.29) is 11.8 Å². The SMILES string of the molecule is CC1Oc2cc(NC(=O)c3cccc(Cl)c3)ccc2N(Cc2ccccc2)C1=O. The molecular formula is C23H19ClN2O3. The van der Waals surface area contributed by atoms with Crippen molar-refractivity contribution in [3.63, 3.8) is 0 Å². The van der Waals surface area contributed by atoms with Crippen LogP contribution in [0.15, 0.2) is 72.8 Å².